The maximum absolute atomic E-state index is 11.4. The second-order valence-electron chi connectivity index (χ2n) is 6.78. The molecular weight excluding hydrogens is 284 g/mol. The van der Waals surface area contributed by atoms with Gasteiger partial charge in [0.1, 0.15) is 0 Å². The van der Waals surface area contributed by atoms with Gasteiger partial charge in [0.05, 0.1) is 0 Å². The summed E-state index contributed by atoms with van der Waals surface area (Å²) in [4.78, 5) is 11.4. The Balaban J connectivity index is 3.04. The van der Waals surface area contributed by atoms with Crippen LogP contribution in [0.5, 0.6) is 0 Å². The standard InChI is InChI=1S/C20H42N2O/c1-3-5-6-7-8-9-10-11-12-13-14-15-16-17-18-19-20(23)22-21-4-2/h21H,3-19H2,1-2H3,(H,22,23). The van der Waals surface area contributed by atoms with Crippen molar-refractivity contribution >= 4 is 5.91 Å². The highest BCUT2D eigenvalue weighted by Crippen LogP contribution is 2.13. The van der Waals surface area contributed by atoms with Gasteiger partial charge in [-0.1, -0.05) is 104 Å². The summed E-state index contributed by atoms with van der Waals surface area (Å²) in [7, 11) is 0. The van der Waals surface area contributed by atoms with Crippen LogP contribution >= 0.6 is 0 Å². The quantitative estimate of drug-likeness (QED) is 0.243. The van der Waals surface area contributed by atoms with Crippen LogP contribution in [0.2, 0.25) is 0 Å². The molecule has 0 aliphatic rings. The van der Waals surface area contributed by atoms with Gasteiger partial charge in [-0.05, 0) is 6.42 Å². The summed E-state index contributed by atoms with van der Waals surface area (Å²) < 4.78 is 0. The molecule has 0 rings (SSSR count). The number of hydrazine groups is 1. The molecule has 0 radical (unpaired) electrons. The fourth-order valence-corrected chi connectivity index (χ4v) is 2.91. The molecule has 0 bridgehead atoms. The largest absolute Gasteiger partial charge is 0.292 e. The molecule has 0 saturated carbocycles. The van der Waals surface area contributed by atoms with Crippen molar-refractivity contribution in [2.45, 2.75) is 117 Å². The van der Waals surface area contributed by atoms with E-state index in [1.165, 1.54) is 89.9 Å². The Kier molecular flexibility index (Phi) is 19.0. The molecule has 2 N–H and O–H groups in total. The third kappa shape index (κ3) is 19.4. The molecular formula is C20H42N2O. The van der Waals surface area contributed by atoms with Crippen LogP contribution in [0.25, 0.3) is 0 Å². The van der Waals surface area contributed by atoms with Crippen LogP contribution in [-0.4, -0.2) is 12.5 Å². The molecule has 0 aromatic carbocycles. The SMILES string of the molecule is CCCCCCCCCCCCCCCCCC(=O)NNCC. The first-order chi connectivity index (χ1) is 11.3. The second kappa shape index (κ2) is 19.5. The molecule has 0 heterocycles. The van der Waals surface area contributed by atoms with Crippen molar-refractivity contribution < 1.29 is 4.79 Å². The van der Waals surface area contributed by atoms with Gasteiger partial charge in [-0.15, -0.1) is 0 Å². The van der Waals surface area contributed by atoms with Gasteiger partial charge >= 0.3 is 0 Å². The van der Waals surface area contributed by atoms with Crippen LogP contribution in [0.1, 0.15) is 117 Å². The molecule has 0 saturated heterocycles. The predicted octanol–water partition coefficient (Wildman–Crippen LogP) is 5.89. The molecule has 0 spiro atoms. The third-order valence-corrected chi connectivity index (χ3v) is 4.41. The molecule has 0 aromatic heterocycles. The van der Waals surface area contributed by atoms with Gasteiger partial charge in [0.15, 0.2) is 0 Å². The van der Waals surface area contributed by atoms with Crippen LogP contribution < -0.4 is 10.9 Å². The lowest BCUT2D eigenvalue weighted by Crippen LogP contribution is -2.36. The number of unbranched alkanes of at least 4 members (excludes halogenated alkanes) is 14. The summed E-state index contributed by atoms with van der Waals surface area (Å²) in [6.45, 7) is 5.04. The normalized spacial score (nSPS) is 10.9. The van der Waals surface area contributed by atoms with E-state index >= 15 is 0 Å². The Morgan fingerprint density at radius 3 is 1.39 bits per heavy atom. The van der Waals surface area contributed by atoms with Crippen LogP contribution in [0.4, 0.5) is 0 Å². The van der Waals surface area contributed by atoms with Crippen molar-refractivity contribution in [3.63, 3.8) is 0 Å². The summed E-state index contributed by atoms with van der Waals surface area (Å²) in [6, 6.07) is 0. The minimum absolute atomic E-state index is 0.126. The summed E-state index contributed by atoms with van der Waals surface area (Å²) in [5, 5.41) is 0. The zero-order valence-corrected chi connectivity index (χ0v) is 15.9. The van der Waals surface area contributed by atoms with Crippen molar-refractivity contribution in [2.75, 3.05) is 6.54 Å². The number of carbonyl (C=O) groups is 1. The highest BCUT2D eigenvalue weighted by molar-refractivity contribution is 5.75. The highest BCUT2D eigenvalue weighted by atomic mass is 16.2. The van der Waals surface area contributed by atoms with Crippen LogP contribution in [0, 0.1) is 0 Å². The van der Waals surface area contributed by atoms with Gasteiger partial charge in [0.25, 0.3) is 0 Å². The van der Waals surface area contributed by atoms with Crippen molar-refractivity contribution in [1.29, 1.82) is 0 Å². The summed E-state index contributed by atoms with van der Waals surface area (Å²) in [5.41, 5.74) is 5.54. The maximum Gasteiger partial charge on any atom is 0.234 e. The third-order valence-electron chi connectivity index (χ3n) is 4.41. The number of hydrogen-bond acceptors (Lipinski definition) is 2. The van der Waals surface area contributed by atoms with E-state index in [0.29, 0.717) is 6.42 Å². The summed E-state index contributed by atoms with van der Waals surface area (Å²) in [6.07, 6.45) is 21.1. The molecule has 23 heavy (non-hydrogen) atoms. The van der Waals surface area contributed by atoms with E-state index in [0.717, 1.165) is 13.0 Å². The minimum Gasteiger partial charge on any atom is -0.292 e. The Hall–Kier alpha value is -0.570. The van der Waals surface area contributed by atoms with Gasteiger partial charge in [-0.3, -0.25) is 10.2 Å². The molecule has 1 amide bonds. The zero-order chi connectivity index (χ0) is 17.0. The Morgan fingerprint density at radius 1 is 0.609 bits per heavy atom. The number of rotatable bonds is 18. The Bertz CT molecular complexity index is 244. The lowest BCUT2D eigenvalue weighted by Gasteiger charge is -2.05. The average molecular weight is 327 g/mol. The van der Waals surface area contributed by atoms with Crippen molar-refractivity contribution in [3.05, 3.63) is 0 Å². The number of nitrogens with one attached hydrogen (secondary N) is 2. The van der Waals surface area contributed by atoms with Gasteiger partial charge in [-0.25, -0.2) is 5.43 Å². The molecule has 0 aromatic rings. The van der Waals surface area contributed by atoms with Crippen LogP contribution in [0.15, 0.2) is 0 Å². The zero-order valence-electron chi connectivity index (χ0n) is 15.9. The number of amides is 1. The molecule has 3 heteroatoms. The first kappa shape index (κ1) is 22.4. The van der Waals surface area contributed by atoms with E-state index in [1.54, 1.807) is 0 Å². The maximum atomic E-state index is 11.4. The molecule has 3 nitrogen and oxygen atoms in total. The van der Waals surface area contributed by atoms with Gasteiger partial charge in [-0.2, -0.15) is 0 Å². The summed E-state index contributed by atoms with van der Waals surface area (Å²) in [5.74, 6) is 0.126. The van der Waals surface area contributed by atoms with Gasteiger partial charge in [0, 0.05) is 13.0 Å². The van der Waals surface area contributed by atoms with E-state index in [9.17, 15) is 4.79 Å². The van der Waals surface area contributed by atoms with E-state index in [-0.39, 0.29) is 5.91 Å². The lowest BCUT2D eigenvalue weighted by atomic mass is 10.0. The average Bonchev–Trinajstić information content (AvgIpc) is 2.56. The Morgan fingerprint density at radius 2 is 1.00 bits per heavy atom. The van der Waals surface area contributed by atoms with Crippen molar-refractivity contribution in [1.82, 2.24) is 10.9 Å². The molecule has 0 atom stereocenters. The second-order valence-corrected chi connectivity index (χ2v) is 6.78. The molecule has 0 aliphatic carbocycles. The van der Waals surface area contributed by atoms with E-state index in [1.807, 2.05) is 6.92 Å². The smallest absolute Gasteiger partial charge is 0.234 e. The fraction of sp³-hybridized carbons (Fsp3) is 0.950. The van der Waals surface area contributed by atoms with Crippen LogP contribution in [-0.2, 0) is 4.79 Å². The fourth-order valence-electron chi connectivity index (χ4n) is 2.91. The highest BCUT2D eigenvalue weighted by Gasteiger charge is 1.99. The monoisotopic (exact) mass is 326 g/mol. The van der Waals surface area contributed by atoms with E-state index < -0.39 is 0 Å². The summed E-state index contributed by atoms with van der Waals surface area (Å²) >= 11 is 0. The van der Waals surface area contributed by atoms with Crippen molar-refractivity contribution in [3.8, 4) is 0 Å². The first-order valence-corrected chi connectivity index (χ1v) is 10.3. The molecule has 0 aliphatic heterocycles. The lowest BCUT2D eigenvalue weighted by molar-refractivity contribution is -0.122. The molecule has 0 unspecified atom stereocenters. The predicted molar refractivity (Wildman–Crippen MR) is 101 cm³/mol. The number of carbonyl (C=O) groups excluding carboxylic acids is 1. The van der Waals surface area contributed by atoms with Gasteiger partial charge in [0.2, 0.25) is 5.91 Å². The van der Waals surface area contributed by atoms with Gasteiger partial charge < -0.3 is 0 Å². The van der Waals surface area contributed by atoms with E-state index in [2.05, 4.69) is 17.8 Å². The van der Waals surface area contributed by atoms with Crippen molar-refractivity contribution in [2.24, 2.45) is 0 Å². The molecule has 138 valence electrons. The Labute approximate surface area is 145 Å². The molecule has 0 fully saturated rings. The first-order valence-electron chi connectivity index (χ1n) is 10.3. The minimum atomic E-state index is 0.126. The van der Waals surface area contributed by atoms with E-state index in [4.69, 9.17) is 0 Å². The van der Waals surface area contributed by atoms with Crippen LogP contribution in [0.3, 0.4) is 0 Å². The topological polar surface area (TPSA) is 41.1 Å². The number of hydrogen-bond donors (Lipinski definition) is 2.